The Morgan fingerprint density at radius 2 is 1.83 bits per heavy atom. The Kier molecular flexibility index (Phi) is 5.55. The van der Waals surface area contributed by atoms with E-state index in [-0.39, 0.29) is 24.5 Å². The van der Waals surface area contributed by atoms with E-state index in [9.17, 15) is 9.59 Å². The Morgan fingerprint density at radius 1 is 1.28 bits per heavy atom. The molecule has 18 heavy (non-hydrogen) atoms. The predicted molar refractivity (Wildman–Crippen MR) is 66.3 cm³/mol. The summed E-state index contributed by atoms with van der Waals surface area (Å²) in [6, 6.07) is -0.409. The number of hydrogen-bond acceptors (Lipinski definition) is 4. The van der Waals surface area contributed by atoms with Crippen molar-refractivity contribution in [3.63, 3.8) is 0 Å². The van der Waals surface area contributed by atoms with E-state index in [0.717, 1.165) is 0 Å². The standard InChI is InChI=1S/C12H22N2O4/c1-9(2)14(8-11(15)16)12(17)10(3)13-4-6-18-7-5-13/h9-10H,4-8H2,1-3H3,(H,15,16). The molecule has 0 aromatic heterocycles. The van der Waals surface area contributed by atoms with Crippen molar-refractivity contribution < 1.29 is 19.4 Å². The molecule has 0 aliphatic carbocycles. The zero-order valence-electron chi connectivity index (χ0n) is 11.3. The molecule has 0 saturated carbocycles. The molecule has 0 aromatic rings. The second-order valence-electron chi connectivity index (χ2n) is 4.78. The van der Waals surface area contributed by atoms with Gasteiger partial charge in [0.05, 0.1) is 19.3 Å². The number of carbonyl (C=O) groups excluding carboxylic acids is 1. The molecular formula is C12H22N2O4. The van der Waals surface area contributed by atoms with E-state index < -0.39 is 5.97 Å². The summed E-state index contributed by atoms with van der Waals surface area (Å²) in [5.41, 5.74) is 0. The highest BCUT2D eigenvalue weighted by Crippen LogP contribution is 2.09. The van der Waals surface area contributed by atoms with Gasteiger partial charge in [-0.05, 0) is 20.8 Å². The number of carboxylic acid groups (broad SMARTS) is 1. The molecule has 0 bridgehead atoms. The Morgan fingerprint density at radius 3 is 2.28 bits per heavy atom. The maximum Gasteiger partial charge on any atom is 0.323 e. The largest absolute Gasteiger partial charge is 0.480 e. The summed E-state index contributed by atoms with van der Waals surface area (Å²) in [7, 11) is 0. The number of carbonyl (C=O) groups is 2. The Bertz CT molecular complexity index is 300. The minimum Gasteiger partial charge on any atom is -0.480 e. The van der Waals surface area contributed by atoms with Gasteiger partial charge < -0.3 is 14.7 Å². The maximum atomic E-state index is 12.3. The molecule has 1 heterocycles. The van der Waals surface area contributed by atoms with Crippen molar-refractivity contribution in [1.82, 2.24) is 9.80 Å². The van der Waals surface area contributed by atoms with Crippen LogP contribution < -0.4 is 0 Å². The predicted octanol–water partition coefficient (Wildman–Crippen LogP) is 0.0287. The first-order valence-corrected chi connectivity index (χ1v) is 6.27. The highest BCUT2D eigenvalue weighted by atomic mass is 16.5. The number of carboxylic acids is 1. The molecule has 1 rings (SSSR count). The van der Waals surface area contributed by atoms with Gasteiger partial charge in [-0.15, -0.1) is 0 Å². The van der Waals surface area contributed by atoms with Crippen molar-refractivity contribution in [3.8, 4) is 0 Å². The summed E-state index contributed by atoms with van der Waals surface area (Å²) in [5.74, 6) is -1.11. The van der Waals surface area contributed by atoms with Crippen molar-refractivity contribution in [3.05, 3.63) is 0 Å². The van der Waals surface area contributed by atoms with E-state index in [1.165, 1.54) is 4.90 Å². The van der Waals surface area contributed by atoms with Crippen molar-refractivity contribution >= 4 is 11.9 Å². The smallest absolute Gasteiger partial charge is 0.323 e. The number of amides is 1. The summed E-state index contributed by atoms with van der Waals surface area (Å²) in [4.78, 5) is 26.5. The zero-order valence-corrected chi connectivity index (χ0v) is 11.3. The molecule has 0 spiro atoms. The average molecular weight is 258 g/mol. The molecule has 1 unspecified atom stereocenters. The van der Waals surface area contributed by atoms with E-state index in [0.29, 0.717) is 26.3 Å². The molecule has 104 valence electrons. The molecule has 1 atom stereocenters. The monoisotopic (exact) mass is 258 g/mol. The van der Waals surface area contributed by atoms with Crippen LogP contribution in [-0.4, -0.2) is 71.7 Å². The van der Waals surface area contributed by atoms with Gasteiger partial charge in [0.15, 0.2) is 0 Å². The number of hydrogen-bond donors (Lipinski definition) is 1. The van der Waals surface area contributed by atoms with Crippen molar-refractivity contribution in [2.24, 2.45) is 0 Å². The molecule has 0 radical (unpaired) electrons. The van der Waals surface area contributed by atoms with E-state index in [4.69, 9.17) is 9.84 Å². The molecule has 1 aliphatic heterocycles. The van der Waals surface area contributed by atoms with Gasteiger partial charge in [0.1, 0.15) is 6.54 Å². The lowest BCUT2D eigenvalue weighted by atomic mass is 10.2. The second kappa shape index (κ2) is 6.70. The lowest BCUT2D eigenvalue weighted by Crippen LogP contribution is -2.53. The molecule has 1 amide bonds. The molecule has 1 aliphatic rings. The minimum atomic E-state index is -0.980. The fraction of sp³-hybridized carbons (Fsp3) is 0.833. The van der Waals surface area contributed by atoms with Crippen LogP contribution >= 0.6 is 0 Å². The van der Waals surface area contributed by atoms with E-state index in [1.807, 2.05) is 25.7 Å². The van der Waals surface area contributed by atoms with Crippen molar-refractivity contribution in [1.29, 1.82) is 0 Å². The van der Waals surface area contributed by atoms with Crippen LogP contribution in [0.15, 0.2) is 0 Å². The SMILES string of the molecule is CC(C(=O)N(CC(=O)O)C(C)C)N1CCOCC1. The van der Waals surface area contributed by atoms with Crippen LogP contribution in [0.4, 0.5) is 0 Å². The molecule has 0 aromatic carbocycles. The van der Waals surface area contributed by atoms with Gasteiger partial charge in [0.2, 0.25) is 5.91 Å². The van der Waals surface area contributed by atoms with Crippen molar-refractivity contribution in [2.45, 2.75) is 32.9 Å². The van der Waals surface area contributed by atoms with Gasteiger partial charge in [-0.3, -0.25) is 14.5 Å². The lowest BCUT2D eigenvalue weighted by molar-refractivity contribution is -0.149. The van der Waals surface area contributed by atoms with E-state index in [2.05, 4.69) is 0 Å². The van der Waals surface area contributed by atoms with Gasteiger partial charge >= 0.3 is 5.97 Å². The molecular weight excluding hydrogens is 236 g/mol. The van der Waals surface area contributed by atoms with E-state index >= 15 is 0 Å². The molecule has 6 heteroatoms. The van der Waals surface area contributed by atoms with Crippen LogP contribution in [0.25, 0.3) is 0 Å². The van der Waals surface area contributed by atoms with Gasteiger partial charge in [-0.2, -0.15) is 0 Å². The normalized spacial score (nSPS) is 18.7. The summed E-state index contributed by atoms with van der Waals surface area (Å²) < 4.78 is 5.24. The molecule has 6 nitrogen and oxygen atoms in total. The van der Waals surface area contributed by atoms with Crippen molar-refractivity contribution in [2.75, 3.05) is 32.8 Å². The third kappa shape index (κ3) is 3.96. The quantitative estimate of drug-likeness (QED) is 0.753. The fourth-order valence-electron chi connectivity index (χ4n) is 2.02. The van der Waals surface area contributed by atoms with Gasteiger partial charge in [-0.25, -0.2) is 0 Å². The third-order valence-corrected chi connectivity index (χ3v) is 3.16. The highest BCUT2D eigenvalue weighted by Gasteiger charge is 2.29. The fourth-order valence-corrected chi connectivity index (χ4v) is 2.02. The van der Waals surface area contributed by atoms with Crippen LogP contribution in [0, 0.1) is 0 Å². The average Bonchev–Trinajstić information content (AvgIpc) is 2.34. The van der Waals surface area contributed by atoms with Gasteiger partial charge in [-0.1, -0.05) is 0 Å². The van der Waals surface area contributed by atoms with Gasteiger partial charge in [0, 0.05) is 19.1 Å². The van der Waals surface area contributed by atoms with Crippen LogP contribution in [0.1, 0.15) is 20.8 Å². The first-order valence-electron chi connectivity index (χ1n) is 6.27. The first kappa shape index (κ1) is 14.9. The highest BCUT2D eigenvalue weighted by molar-refractivity contribution is 5.85. The van der Waals surface area contributed by atoms with Crippen LogP contribution in [0.5, 0.6) is 0 Å². The molecule has 1 saturated heterocycles. The Balaban J connectivity index is 2.65. The molecule has 1 N–H and O–H groups in total. The zero-order chi connectivity index (χ0) is 13.7. The second-order valence-corrected chi connectivity index (χ2v) is 4.78. The Labute approximate surface area is 107 Å². The lowest BCUT2D eigenvalue weighted by Gasteiger charge is -2.35. The van der Waals surface area contributed by atoms with Crippen LogP contribution in [0.3, 0.4) is 0 Å². The summed E-state index contributed by atoms with van der Waals surface area (Å²) in [6.45, 7) is 7.91. The van der Waals surface area contributed by atoms with E-state index in [1.54, 1.807) is 0 Å². The number of rotatable bonds is 5. The number of ether oxygens (including phenoxy) is 1. The molecule has 1 fully saturated rings. The number of morpholine rings is 1. The van der Waals surface area contributed by atoms with Gasteiger partial charge in [0.25, 0.3) is 0 Å². The number of nitrogens with zero attached hydrogens (tertiary/aromatic N) is 2. The maximum absolute atomic E-state index is 12.3. The summed E-state index contributed by atoms with van der Waals surface area (Å²) in [6.07, 6.45) is 0. The summed E-state index contributed by atoms with van der Waals surface area (Å²) >= 11 is 0. The van der Waals surface area contributed by atoms with Crippen LogP contribution in [-0.2, 0) is 14.3 Å². The number of aliphatic carboxylic acids is 1. The first-order chi connectivity index (χ1) is 8.43. The Hall–Kier alpha value is -1.14. The third-order valence-electron chi connectivity index (χ3n) is 3.16. The minimum absolute atomic E-state index is 0.114. The topological polar surface area (TPSA) is 70.1 Å². The summed E-state index contributed by atoms with van der Waals surface area (Å²) in [5, 5.41) is 8.85. The van der Waals surface area contributed by atoms with Crippen LogP contribution in [0.2, 0.25) is 0 Å².